The molecule has 0 aromatic carbocycles. The monoisotopic (exact) mass is 399 g/mol. The topological polar surface area (TPSA) is 70.2 Å². The van der Waals surface area contributed by atoms with Crippen LogP contribution in [0.2, 0.25) is 0 Å². The van der Waals surface area contributed by atoms with Crippen molar-refractivity contribution in [3.63, 3.8) is 0 Å². The molecule has 0 fully saturated rings. The van der Waals surface area contributed by atoms with Gasteiger partial charge in [0.1, 0.15) is 11.9 Å². The van der Waals surface area contributed by atoms with Crippen molar-refractivity contribution in [2.24, 2.45) is 0 Å². The number of carbonyl (C=O) groups is 1. The third-order valence-corrected chi connectivity index (χ3v) is 4.55. The lowest BCUT2D eigenvalue weighted by atomic mass is 10.1. The molecule has 0 spiro atoms. The summed E-state index contributed by atoms with van der Waals surface area (Å²) < 4.78 is 40.8. The molecule has 2 atom stereocenters. The predicted molar refractivity (Wildman–Crippen MR) is 98.4 cm³/mol. The van der Waals surface area contributed by atoms with Crippen LogP contribution in [0, 0.1) is 0 Å². The van der Waals surface area contributed by atoms with E-state index in [2.05, 4.69) is 20.6 Å². The number of allylic oxidation sites excluding steroid dienone is 3. The van der Waals surface area contributed by atoms with Gasteiger partial charge < -0.3 is 15.5 Å². The van der Waals surface area contributed by atoms with Crippen LogP contribution in [-0.2, 0) is 4.79 Å². The standard InChI is InChI=1S/C20H16F3N5O/c21-20(22,23)17(13-5-3-8-24-11-13)27-19(29)16-15-7-1-2-10-28(15)18(26-16)14-6-4-9-25-12-14/h1-12,17-18,26H,(H,27,29). The molecule has 1 amide bonds. The molecule has 29 heavy (non-hydrogen) atoms. The van der Waals surface area contributed by atoms with Crippen LogP contribution in [0.5, 0.6) is 0 Å². The summed E-state index contributed by atoms with van der Waals surface area (Å²) in [6.45, 7) is 0. The Morgan fingerprint density at radius 1 is 1.14 bits per heavy atom. The van der Waals surface area contributed by atoms with Gasteiger partial charge in [0.15, 0.2) is 6.04 Å². The summed E-state index contributed by atoms with van der Waals surface area (Å²) in [5, 5.41) is 5.12. The van der Waals surface area contributed by atoms with Gasteiger partial charge in [-0.1, -0.05) is 18.2 Å². The lowest BCUT2D eigenvalue weighted by molar-refractivity contribution is -0.162. The Kier molecular flexibility index (Phi) is 4.79. The average Bonchev–Trinajstić information content (AvgIpc) is 3.12. The Hall–Kier alpha value is -3.62. The molecule has 0 aliphatic carbocycles. The number of nitrogens with zero attached hydrogens (tertiary/aromatic N) is 3. The zero-order chi connectivity index (χ0) is 20.4. The van der Waals surface area contributed by atoms with Crippen molar-refractivity contribution >= 4 is 5.91 Å². The highest BCUT2D eigenvalue weighted by Crippen LogP contribution is 2.36. The number of rotatable bonds is 4. The minimum atomic E-state index is -4.67. The Labute approximate surface area is 164 Å². The van der Waals surface area contributed by atoms with Gasteiger partial charge in [0.05, 0.1) is 5.70 Å². The van der Waals surface area contributed by atoms with E-state index in [9.17, 15) is 18.0 Å². The molecule has 0 saturated heterocycles. The van der Waals surface area contributed by atoms with Crippen LogP contribution in [0.3, 0.4) is 0 Å². The molecular formula is C20H16F3N5O. The Bertz CT molecular complexity index is 986. The van der Waals surface area contributed by atoms with Crippen LogP contribution in [0.15, 0.2) is 84.9 Å². The normalized spacial score (nSPS) is 19.0. The van der Waals surface area contributed by atoms with E-state index in [0.717, 1.165) is 11.8 Å². The second-order valence-electron chi connectivity index (χ2n) is 6.44. The summed E-state index contributed by atoms with van der Waals surface area (Å²) >= 11 is 0. The van der Waals surface area contributed by atoms with Gasteiger partial charge in [0, 0.05) is 42.1 Å². The summed E-state index contributed by atoms with van der Waals surface area (Å²) in [6, 6.07) is 4.07. The van der Waals surface area contributed by atoms with Crippen LogP contribution in [-0.4, -0.2) is 27.0 Å². The molecule has 6 nitrogen and oxygen atoms in total. The summed E-state index contributed by atoms with van der Waals surface area (Å²) in [5.41, 5.74) is 1.16. The number of hydrogen-bond donors (Lipinski definition) is 2. The maximum absolute atomic E-state index is 13.6. The minimum Gasteiger partial charge on any atom is -0.355 e. The van der Waals surface area contributed by atoms with Crippen molar-refractivity contribution in [3.8, 4) is 0 Å². The largest absolute Gasteiger partial charge is 0.412 e. The molecule has 148 valence electrons. The van der Waals surface area contributed by atoms with Crippen molar-refractivity contribution in [1.82, 2.24) is 25.5 Å². The van der Waals surface area contributed by atoms with E-state index in [-0.39, 0.29) is 11.3 Å². The summed E-state index contributed by atoms with van der Waals surface area (Å²) in [6.07, 6.45) is 7.51. The second kappa shape index (κ2) is 7.42. The Balaban J connectivity index is 1.63. The van der Waals surface area contributed by atoms with E-state index in [0.29, 0.717) is 5.70 Å². The van der Waals surface area contributed by atoms with Crippen LogP contribution >= 0.6 is 0 Å². The maximum atomic E-state index is 13.6. The zero-order valence-corrected chi connectivity index (χ0v) is 15.0. The highest BCUT2D eigenvalue weighted by Gasteiger charge is 2.44. The van der Waals surface area contributed by atoms with Gasteiger partial charge in [0.25, 0.3) is 5.91 Å². The Morgan fingerprint density at radius 3 is 2.55 bits per heavy atom. The minimum absolute atomic E-state index is 0.0533. The Morgan fingerprint density at radius 2 is 1.90 bits per heavy atom. The molecule has 0 saturated carbocycles. The summed E-state index contributed by atoms with van der Waals surface area (Å²) in [4.78, 5) is 22.4. The quantitative estimate of drug-likeness (QED) is 0.827. The molecule has 9 heteroatoms. The molecule has 2 aromatic heterocycles. The fourth-order valence-corrected chi connectivity index (χ4v) is 3.24. The molecule has 4 heterocycles. The van der Waals surface area contributed by atoms with Gasteiger partial charge in [-0.15, -0.1) is 0 Å². The van der Waals surface area contributed by atoms with E-state index in [1.54, 1.807) is 47.8 Å². The lowest BCUT2D eigenvalue weighted by Gasteiger charge is -2.25. The molecule has 2 aliphatic rings. The first kappa shape index (κ1) is 18.7. The molecule has 0 radical (unpaired) electrons. The van der Waals surface area contributed by atoms with Crippen molar-refractivity contribution in [1.29, 1.82) is 0 Å². The van der Waals surface area contributed by atoms with E-state index in [1.165, 1.54) is 18.3 Å². The van der Waals surface area contributed by atoms with E-state index >= 15 is 0 Å². The predicted octanol–water partition coefficient (Wildman–Crippen LogP) is 3.10. The summed E-state index contributed by atoms with van der Waals surface area (Å²) in [7, 11) is 0. The number of hydrogen-bond acceptors (Lipinski definition) is 5. The van der Waals surface area contributed by atoms with Gasteiger partial charge in [-0.2, -0.15) is 13.2 Å². The molecule has 4 rings (SSSR count). The van der Waals surface area contributed by atoms with Gasteiger partial charge >= 0.3 is 6.18 Å². The highest BCUT2D eigenvalue weighted by atomic mass is 19.4. The number of amides is 1. The highest BCUT2D eigenvalue weighted by molar-refractivity contribution is 5.95. The third-order valence-electron chi connectivity index (χ3n) is 4.55. The van der Waals surface area contributed by atoms with Gasteiger partial charge in [0.2, 0.25) is 0 Å². The number of alkyl halides is 3. The fraction of sp³-hybridized carbons (Fsp3) is 0.150. The number of aromatic nitrogens is 2. The number of halogens is 3. The molecular weight excluding hydrogens is 383 g/mol. The number of pyridine rings is 2. The van der Waals surface area contributed by atoms with Crippen LogP contribution in [0.4, 0.5) is 13.2 Å². The molecule has 2 unspecified atom stereocenters. The first-order valence-corrected chi connectivity index (χ1v) is 8.76. The van der Waals surface area contributed by atoms with E-state index in [1.807, 2.05) is 6.07 Å². The smallest absolute Gasteiger partial charge is 0.355 e. The zero-order valence-electron chi connectivity index (χ0n) is 15.0. The van der Waals surface area contributed by atoms with Crippen molar-refractivity contribution < 1.29 is 18.0 Å². The second-order valence-corrected chi connectivity index (χ2v) is 6.44. The number of carbonyl (C=O) groups excluding carboxylic acids is 1. The first-order valence-electron chi connectivity index (χ1n) is 8.76. The fourth-order valence-electron chi connectivity index (χ4n) is 3.24. The molecule has 0 bridgehead atoms. The maximum Gasteiger partial charge on any atom is 0.412 e. The number of nitrogens with one attached hydrogen (secondary N) is 2. The van der Waals surface area contributed by atoms with Gasteiger partial charge in [-0.25, -0.2) is 0 Å². The van der Waals surface area contributed by atoms with Crippen molar-refractivity contribution in [2.45, 2.75) is 18.4 Å². The van der Waals surface area contributed by atoms with E-state index in [4.69, 9.17) is 0 Å². The molecule has 2 aliphatic heterocycles. The summed E-state index contributed by atoms with van der Waals surface area (Å²) in [5.74, 6) is -0.859. The van der Waals surface area contributed by atoms with Gasteiger partial charge in [-0.05, 0) is 24.3 Å². The van der Waals surface area contributed by atoms with Crippen LogP contribution in [0.25, 0.3) is 0 Å². The third kappa shape index (κ3) is 3.71. The average molecular weight is 399 g/mol. The van der Waals surface area contributed by atoms with Crippen LogP contribution in [0.1, 0.15) is 23.3 Å². The van der Waals surface area contributed by atoms with Gasteiger partial charge in [-0.3, -0.25) is 14.8 Å². The van der Waals surface area contributed by atoms with Crippen molar-refractivity contribution in [3.05, 3.63) is 96.0 Å². The first-order chi connectivity index (χ1) is 13.9. The number of fused-ring (bicyclic) bond motifs is 1. The van der Waals surface area contributed by atoms with E-state index < -0.39 is 24.3 Å². The van der Waals surface area contributed by atoms with Crippen molar-refractivity contribution in [2.75, 3.05) is 0 Å². The molecule has 2 N–H and O–H groups in total. The SMILES string of the molecule is O=C(NC(c1cccnc1)C(F)(F)F)C1=C2C=CC=CN2C(c2cccnc2)N1. The lowest BCUT2D eigenvalue weighted by Crippen LogP contribution is -2.41. The molecule has 2 aromatic rings. The van der Waals surface area contributed by atoms with Crippen LogP contribution < -0.4 is 10.6 Å².